The Balaban J connectivity index is 1.70. The number of hydrogen-bond donors (Lipinski definition) is 1. The molecule has 5 heteroatoms. The van der Waals surface area contributed by atoms with Crippen molar-refractivity contribution in [1.29, 1.82) is 0 Å². The van der Waals surface area contributed by atoms with E-state index in [9.17, 15) is 4.79 Å². The van der Waals surface area contributed by atoms with Gasteiger partial charge in [0.1, 0.15) is 0 Å². The molecular weight excluding hydrogens is 288 g/mol. The first-order valence-electron chi connectivity index (χ1n) is 7.30. The Bertz CT molecular complexity index is 775. The standard InChI is InChI=1S/C18H18N4O/c1-21(2)16-7-3-14(4-8-16)18(23)20-15-5-9-17(10-6-15)22-12-11-19-13-22/h3-13H,1-2H3,(H,20,23). The maximum atomic E-state index is 12.3. The topological polar surface area (TPSA) is 50.2 Å². The largest absolute Gasteiger partial charge is 0.378 e. The van der Waals surface area contributed by atoms with Gasteiger partial charge in [-0.3, -0.25) is 4.79 Å². The zero-order valence-electron chi connectivity index (χ0n) is 13.1. The van der Waals surface area contributed by atoms with Crippen LogP contribution in [0.5, 0.6) is 0 Å². The van der Waals surface area contributed by atoms with Gasteiger partial charge in [0.05, 0.1) is 6.33 Å². The van der Waals surface area contributed by atoms with Crippen molar-refractivity contribution >= 4 is 17.3 Å². The number of nitrogens with zero attached hydrogens (tertiary/aromatic N) is 3. The molecule has 1 aromatic heterocycles. The number of anilines is 2. The van der Waals surface area contributed by atoms with E-state index in [0.717, 1.165) is 17.1 Å². The Kier molecular flexibility index (Phi) is 4.10. The fourth-order valence-electron chi connectivity index (χ4n) is 2.24. The van der Waals surface area contributed by atoms with Crippen LogP contribution in [0.1, 0.15) is 10.4 Å². The van der Waals surface area contributed by atoms with Gasteiger partial charge in [0.25, 0.3) is 5.91 Å². The van der Waals surface area contributed by atoms with Crippen molar-refractivity contribution in [3.05, 3.63) is 72.8 Å². The molecule has 0 saturated heterocycles. The summed E-state index contributed by atoms with van der Waals surface area (Å²) in [5, 5.41) is 2.90. The molecule has 0 atom stereocenters. The molecule has 0 fully saturated rings. The second-order valence-corrected chi connectivity index (χ2v) is 5.41. The van der Waals surface area contributed by atoms with Crippen molar-refractivity contribution in [3.8, 4) is 5.69 Å². The van der Waals surface area contributed by atoms with Gasteiger partial charge in [-0.05, 0) is 48.5 Å². The number of carbonyl (C=O) groups excluding carboxylic acids is 1. The molecule has 23 heavy (non-hydrogen) atoms. The zero-order valence-corrected chi connectivity index (χ0v) is 13.1. The SMILES string of the molecule is CN(C)c1ccc(C(=O)Nc2ccc(-n3ccnc3)cc2)cc1. The minimum absolute atomic E-state index is 0.120. The van der Waals surface area contributed by atoms with Gasteiger partial charge >= 0.3 is 0 Å². The molecular formula is C18H18N4O. The van der Waals surface area contributed by atoms with E-state index in [2.05, 4.69) is 10.3 Å². The lowest BCUT2D eigenvalue weighted by Gasteiger charge is -2.12. The smallest absolute Gasteiger partial charge is 0.255 e. The van der Waals surface area contributed by atoms with Gasteiger partial charge in [0.2, 0.25) is 0 Å². The minimum Gasteiger partial charge on any atom is -0.378 e. The van der Waals surface area contributed by atoms with Crippen LogP contribution in [0.2, 0.25) is 0 Å². The number of carbonyl (C=O) groups is 1. The lowest BCUT2D eigenvalue weighted by molar-refractivity contribution is 0.102. The molecule has 0 aliphatic heterocycles. The van der Waals surface area contributed by atoms with E-state index < -0.39 is 0 Å². The van der Waals surface area contributed by atoms with Crippen LogP contribution in [0.3, 0.4) is 0 Å². The Morgan fingerprint density at radius 3 is 2.30 bits per heavy atom. The predicted octanol–water partition coefficient (Wildman–Crippen LogP) is 3.19. The molecule has 0 radical (unpaired) electrons. The predicted molar refractivity (Wildman–Crippen MR) is 92.3 cm³/mol. The fourth-order valence-corrected chi connectivity index (χ4v) is 2.24. The van der Waals surface area contributed by atoms with E-state index in [0.29, 0.717) is 5.56 Å². The average Bonchev–Trinajstić information content (AvgIpc) is 3.10. The van der Waals surface area contributed by atoms with Crippen molar-refractivity contribution in [2.24, 2.45) is 0 Å². The van der Waals surface area contributed by atoms with Crippen molar-refractivity contribution in [3.63, 3.8) is 0 Å². The summed E-state index contributed by atoms with van der Waals surface area (Å²) in [4.78, 5) is 18.3. The summed E-state index contributed by atoms with van der Waals surface area (Å²) < 4.78 is 1.91. The molecule has 116 valence electrons. The van der Waals surface area contributed by atoms with Gasteiger partial charge < -0.3 is 14.8 Å². The van der Waals surface area contributed by atoms with Crippen molar-refractivity contribution in [2.75, 3.05) is 24.3 Å². The van der Waals surface area contributed by atoms with Crippen molar-refractivity contribution in [2.45, 2.75) is 0 Å². The number of amides is 1. The zero-order chi connectivity index (χ0) is 16.2. The molecule has 3 aromatic rings. The Labute approximate surface area is 135 Å². The maximum absolute atomic E-state index is 12.3. The van der Waals surface area contributed by atoms with E-state index in [1.807, 2.05) is 78.3 Å². The second kappa shape index (κ2) is 6.36. The number of benzene rings is 2. The molecule has 0 spiro atoms. The Morgan fingerprint density at radius 2 is 1.74 bits per heavy atom. The normalized spacial score (nSPS) is 10.3. The van der Waals surface area contributed by atoms with Crippen LogP contribution in [0.25, 0.3) is 5.69 Å². The van der Waals surface area contributed by atoms with Gasteiger partial charge in [-0.15, -0.1) is 0 Å². The monoisotopic (exact) mass is 306 g/mol. The van der Waals surface area contributed by atoms with E-state index in [-0.39, 0.29) is 5.91 Å². The summed E-state index contributed by atoms with van der Waals surface area (Å²) in [6.07, 6.45) is 5.34. The number of aromatic nitrogens is 2. The molecule has 0 aliphatic rings. The maximum Gasteiger partial charge on any atom is 0.255 e. The van der Waals surface area contributed by atoms with Crippen LogP contribution in [0.15, 0.2) is 67.3 Å². The molecule has 2 aromatic carbocycles. The molecule has 0 saturated carbocycles. The molecule has 1 N–H and O–H groups in total. The summed E-state index contributed by atoms with van der Waals surface area (Å²) in [6, 6.07) is 15.1. The summed E-state index contributed by atoms with van der Waals surface area (Å²) >= 11 is 0. The van der Waals surface area contributed by atoms with Gasteiger partial charge in [-0.2, -0.15) is 0 Å². The van der Waals surface area contributed by atoms with Crippen LogP contribution in [-0.4, -0.2) is 29.6 Å². The first kappa shape index (κ1) is 14.8. The molecule has 3 rings (SSSR count). The Hall–Kier alpha value is -3.08. The molecule has 0 unspecified atom stereocenters. The van der Waals surface area contributed by atoms with Crippen LogP contribution in [0.4, 0.5) is 11.4 Å². The number of rotatable bonds is 4. The van der Waals surface area contributed by atoms with Crippen molar-refractivity contribution < 1.29 is 4.79 Å². The highest BCUT2D eigenvalue weighted by Gasteiger charge is 2.06. The van der Waals surface area contributed by atoms with Gasteiger partial charge in [-0.25, -0.2) is 4.98 Å². The summed E-state index contributed by atoms with van der Waals surface area (Å²) in [5.74, 6) is -0.120. The molecule has 0 aliphatic carbocycles. The third-order valence-electron chi connectivity index (χ3n) is 3.57. The molecule has 0 bridgehead atoms. The van der Waals surface area contributed by atoms with E-state index >= 15 is 0 Å². The third-order valence-corrected chi connectivity index (χ3v) is 3.57. The third kappa shape index (κ3) is 3.40. The minimum atomic E-state index is -0.120. The Morgan fingerprint density at radius 1 is 1.04 bits per heavy atom. The quantitative estimate of drug-likeness (QED) is 0.805. The number of hydrogen-bond acceptors (Lipinski definition) is 3. The van der Waals surface area contributed by atoms with Gasteiger partial charge in [-0.1, -0.05) is 0 Å². The number of imidazole rings is 1. The van der Waals surface area contributed by atoms with Gasteiger partial charge in [0, 0.05) is 49.1 Å². The lowest BCUT2D eigenvalue weighted by atomic mass is 10.2. The van der Waals surface area contributed by atoms with Crippen LogP contribution in [0, 0.1) is 0 Å². The average molecular weight is 306 g/mol. The fraction of sp³-hybridized carbons (Fsp3) is 0.111. The first-order chi connectivity index (χ1) is 11.1. The van der Waals surface area contributed by atoms with Crippen LogP contribution < -0.4 is 10.2 Å². The second-order valence-electron chi connectivity index (χ2n) is 5.41. The van der Waals surface area contributed by atoms with Crippen LogP contribution >= 0.6 is 0 Å². The highest BCUT2D eigenvalue weighted by molar-refractivity contribution is 6.04. The van der Waals surface area contributed by atoms with E-state index in [1.54, 1.807) is 12.5 Å². The summed E-state index contributed by atoms with van der Waals surface area (Å²) in [6.45, 7) is 0. The highest BCUT2D eigenvalue weighted by atomic mass is 16.1. The first-order valence-corrected chi connectivity index (χ1v) is 7.30. The van der Waals surface area contributed by atoms with Crippen LogP contribution in [-0.2, 0) is 0 Å². The summed E-state index contributed by atoms with van der Waals surface area (Å²) in [7, 11) is 3.94. The molecule has 1 heterocycles. The summed E-state index contributed by atoms with van der Waals surface area (Å²) in [5.41, 5.74) is 3.45. The highest BCUT2D eigenvalue weighted by Crippen LogP contribution is 2.16. The van der Waals surface area contributed by atoms with Crippen molar-refractivity contribution in [1.82, 2.24) is 9.55 Å². The number of nitrogens with one attached hydrogen (secondary N) is 1. The molecule has 5 nitrogen and oxygen atoms in total. The van der Waals surface area contributed by atoms with E-state index in [1.165, 1.54) is 0 Å². The van der Waals surface area contributed by atoms with E-state index in [4.69, 9.17) is 0 Å². The lowest BCUT2D eigenvalue weighted by Crippen LogP contribution is -2.13. The molecule has 1 amide bonds. The van der Waals surface area contributed by atoms with Gasteiger partial charge in [0.15, 0.2) is 0 Å².